The molecule has 2 aliphatic rings. The number of hydrogen-bond donors (Lipinski definition) is 0. The van der Waals surface area contributed by atoms with Gasteiger partial charge in [0.1, 0.15) is 12.2 Å². The Morgan fingerprint density at radius 1 is 0.686 bits per heavy atom. The normalized spacial score (nSPS) is 24.9. The van der Waals surface area contributed by atoms with Gasteiger partial charge in [-0.3, -0.25) is 0 Å². The van der Waals surface area contributed by atoms with Crippen molar-refractivity contribution in [2.24, 2.45) is 0 Å². The van der Waals surface area contributed by atoms with Crippen LogP contribution in [0.3, 0.4) is 0 Å². The van der Waals surface area contributed by atoms with E-state index in [-0.39, 0.29) is 5.04 Å². The van der Waals surface area contributed by atoms with Gasteiger partial charge in [-0.2, -0.15) is 0 Å². The van der Waals surface area contributed by atoms with Crippen LogP contribution in [0.25, 0.3) is 0 Å². The number of hydrogen-bond acceptors (Lipinski definition) is 3. The molecule has 0 bridgehead atoms. The van der Waals surface area contributed by atoms with Gasteiger partial charge in [0.05, 0.1) is 18.8 Å². The van der Waals surface area contributed by atoms with Crippen molar-refractivity contribution in [2.45, 2.75) is 154 Å². The maximum absolute atomic E-state index is 6.28. The molecule has 0 saturated carbocycles. The van der Waals surface area contributed by atoms with Crippen LogP contribution in [-0.4, -0.2) is 39.3 Å². The number of unbranched alkanes of at least 4 members (excludes halogenated alkanes) is 7. The van der Waals surface area contributed by atoms with Crippen molar-refractivity contribution < 1.29 is 13.9 Å². The van der Waals surface area contributed by atoms with Gasteiger partial charge in [0, 0.05) is 0 Å². The van der Waals surface area contributed by atoms with E-state index in [1.54, 1.807) is 0 Å². The standard InChI is InChI=1S/C31H56O3Si/c1-7-8-9-10-11-14-17-20-23-27-28(33-27)24-21-18-15-12-13-16-19-22-25-29-30(34-29)26-32-35(5,6)31(2,3)4/h15-16,18-20,23,27-30H,7-14,17,21-22,24-26H2,1-6H3/b18-15+,19-16+,23-20-/t27-,28-,29-,30-/m1/s1. The number of allylic oxidation sites excluding steroid dienone is 5. The summed E-state index contributed by atoms with van der Waals surface area (Å²) in [6, 6.07) is 0. The second-order valence-corrected chi connectivity index (χ2v) is 16.9. The first-order valence-electron chi connectivity index (χ1n) is 14.7. The highest BCUT2D eigenvalue weighted by atomic mass is 28.4. The summed E-state index contributed by atoms with van der Waals surface area (Å²) >= 11 is 0. The van der Waals surface area contributed by atoms with Crippen molar-refractivity contribution in [3.63, 3.8) is 0 Å². The van der Waals surface area contributed by atoms with Crippen LogP contribution < -0.4 is 0 Å². The molecule has 0 radical (unpaired) electrons. The number of ether oxygens (including phenoxy) is 2. The lowest BCUT2D eigenvalue weighted by Gasteiger charge is -2.36. The van der Waals surface area contributed by atoms with Crippen molar-refractivity contribution in [1.29, 1.82) is 0 Å². The van der Waals surface area contributed by atoms with Crippen LogP contribution in [0.4, 0.5) is 0 Å². The molecule has 202 valence electrons. The molecular formula is C31H56O3Si. The number of epoxide rings is 2. The third-order valence-corrected chi connectivity index (χ3v) is 12.3. The molecule has 0 aromatic heterocycles. The predicted octanol–water partition coefficient (Wildman–Crippen LogP) is 9.30. The summed E-state index contributed by atoms with van der Waals surface area (Å²) in [5.74, 6) is 0. The van der Waals surface area contributed by atoms with Crippen LogP contribution in [0.15, 0.2) is 36.5 Å². The van der Waals surface area contributed by atoms with Crippen molar-refractivity contribution in [2.75, 3.05) is 6.61 Å². The zero-order valence-corrected chi connectivity index (χ0v) is 24.9. The lowest BCUT2D eigenvalue weighted by Crippen LogP contribution is -2.41. The van der Waals surface area contributed by atoms with Crippen LogP contribution in [0.1, 0.15) is 111 Å². The van der Waals surface area contributed by atoms with Gasteiger partial charge >= 0.3 is 0 Å². The van der Waals surface area contributed by atoms with Gasteiger partial charge < -0.3 is 13.9 Å². The summed E-state index contributed by atoms with van der Waals surface area (Å²) in [4.78, 5) is 0. The Balaban J connectivity index is 1.37. The molecule has 0 spiro atoms. The summed E-state index contributed by atoms with van der Waals surface area (Å²) in [6.07, 6.45) is 31.7. The van der Waals surface area contributed by atoms with E-state index in [0.717, 1.165) is 45.1 Å². The second-order valence-electron chi connectivity index (χ2n) is 12.1. The average Bonchev–Trinajstić information content (AvgIpc) is 3.72. The Morgan fingerprint density at radius 2 is 1.29 bits per heavy atom. The van der Waals surface area contributed by atoms with Gasteiger partial charge in [-0.15, -0.1) is 0 Å². The maximum atomic E-state index is 6.28. The van der Waals surface area contributed by atoms with E-state index < -0.39 is 8.32 Å². The van der Waals surface area contributed by atoms with Crippen molar-refractivity contribution in [3.05, 3.63) is 36.5 Å². The first kappa shape index (κ1) is 30.5. The number of rotatable bonds is 20. The Hall–Kier alpha value is -0.683. The van der Waals surface area contributed by atoms with Gasteiger partial charge in [-0.05, 0) is 69.5 Å². The average molecular weight is 505 g/mol. The first-order valence-corrected chi connectivity index (χ1v) is 17.6. The van der Waals surface area contributed by atoms with Crippen molar-refractivity contribution >= 4 is 8.32 Å². The van der Waals surface area contributed by atoms with E-state index in [1.165, 1.54) is 44.9 Å². The van der Waals surface area contributed by atoms with Crippen LogP contribution in [0.5, 0.6) is 0 Å². The molecule has 2 fully saturated rings. The fourth-order valence-electron chi connectivity index (χ4n) is 4.10. The SMILES string of the molecule is CCCCCCCC/C=C\[C@H]1O[C@@H]1CC/C=C/CC/C=C/CC[C@H]1O[C@@H]1CO[Si](C)(C)C(C)(C)C. The van der Waals surface area contributed by atoms with Gasteiger partial charge in [0.15, 0.2) is 8.32 Å². The van der Waals surface area contributed by atoms with Crippen molar-refractivity contribution in [3.8, 4) is 0 Å². The lowest BCUT2D eigenvalue weighted by atomic mass is 10.1. The third kappa shape index (κ3) is 13.4. The smallest absolute Gasteiger partial charge is 0.192 e. The minimum Gasteiger partial charge on any atom is -0.414 e. The molecule has 2 rings (SSSR count). The molecule has 3 nitrogen and oxygen atoms in total. The molecule has 35 heavy (non-hydrogen) atoms. The molecule has 0 aliphatic carbocycles. The van der Waals surface area contributed by atoms with E-state index in [9.17, 15) is 0 Å². The molecule has 4 heteroatoms. The van der Waals surface area contributed by atoms with Crippen LogP contribution in [-0.2, 0) is 13.9 Å². The molecule has 2 aliphatic heterocycles. The van der Waals surface area contributed by atoms with E-state index in [2.05, 4.69) is 77.2 Å². The first-order chi connectivity index (χ1) is 16.7. The summed E-state index contributed by atoms with van der Waals surface area (Å²) in [6.45, 7) is 14.5. The molecule has 0 N–H and O–H groups in total. The predicted molar refractivity (Wildman–Crippen MR) is 154 cm³/mol. The Kier molecular flexibility index (Phi) is 14.2. The quantitative estimate of drug-likeness (QED) is 0.0717. The van der Waals surface area contributed by atoms with E-state index in [0.29, 0.717) is 24.4 Å². The minimum atomic E-state index is -1.65. The van der Waals surface area contributed by atoms with Crippen LogP contribution in [0, 0.1) is 0 Å². The summed E-state index contributed by atoms with van der Waals surface area (Å²) in [7, 11) is -1.65. The zero-order valence-electron chi connectivity index (χ0n) is 23.9. The fraction of sp³-hybridized carbons (Fsp3) is 0.806. The molecule has 0 aromatic rings. The van der Waals surface area contributed by atoms with Crippen molar-refractivity contribution in [1.82, 2.24) is 0 Å². The summed E-state index contributed by atoms with van der Waals surface area (Å²) in [5, 5.41) is 0.271. The Bertz CT molecular complexity index is 646. The molecule has 0 amide bonds. The summed E-state index contributed by atoms with van der Waals surface area (Å²) < 4.78 is 17.9. The highest BCUT2D eigenvalue weighted by Crippen LogP contribution is 2.38. The zero-order chi connectivity index (χ0) is 25.6. The van der Waals surface area contributed by atoms with E-state index >= 15 is 0 Å². The van der Waals surface area contributed by atoms with Crippen LogP contribution >= 0.6 is 0 Å². The van der Waals surface area contributed by atoms with Crippen LogP contribution in [0.2, 0.25) is 18.1 Å². The molecular weight excluding hydrogens is 448 g/mol. The Labute approximate surface area is 218 Å². The molecule has 4 atom stereocenters. The second kappa shape index (κ2) is 16.2. The van der Waals surface area contributed by atoms with E-state index in [4.69, 9.17) is 13.9 Å². The van der Waals surface area contributed by atoms with Gasteiger partial charge in [0.25, 0.3) is 0 Å². The monoisotopic (exact) mass is 504 g/mol. The molecule has 0 aromatic carbocycles. The highest BCUT2D eigenvalue weighted by molar-refractivity contribution is 6.74. The Morgan fingerprint density at radius 3 is 1.94 bits per heavy atom. The maximum Gasteiger partial charge on any atom is 0.192 e. The van der Waals surface area contributed by atoms with Gasteiger partial charge in [0.2, 0.25) is 0 Å². The topological polar surface area (TPSA) is 34.3 Å². The minimum absolute atomic E-state index is 0.271. The highest BCUT2D eigenvalue weighted by Gasteiger charge is 2.43. The molecule has 2 heterocycles. The van der Waals surface area contributed by atoms with Gasteiger partial charge in [-0.25, -0.2) is 0 Å². The third-order valence-electron chi connectivity index (χ3n) is 7.84. The fourth-order valence-corrected chi connectivity index (χ4v) is 5.12. The lowest BCUT2D eigenvalue weighted by molar-refractivity contribution is 0.241. The largest absolute Gasteiger partial charge is 0.414 e. The molecule has 2 saturated heterocycles. The van der Waals surface area contributed by atoms with Gasteiger partial charge in [-0.1, -0.05) is 96.3 Å². The summed E-state index contributed by atoms with van der Waals surface area (Å²) in [5.41, 5.74) is 0. The van der Waals surface area contributed by atoms with E-state index in [1.807, 2.05) is 0 Å². The molecule has 0 unspecified atom stereocenters.